The molecule has 7 nitrogen and oxygen atoms in total. The molecule has 2 aliphatic rings. The summed E-state index contributed by atoms with van der Waals surface area (Å²) < 4.78 is 1.59. The number of aryl methyl sites for hydroxylation is 1. The quantitative estimate of drug-likeness (QED) is 0.852. The lowest BCUT2D eigenvalue weighted by Crippen LogP contribution is -2.52. The zero-order valence-corrected chi connectivity index (χ0v) is 16.2. The van der Waals surface area contributed by atoms with Gasteiger partial charge in [-0.25, -0.2) is 0 Å². The number of amides is 2. The van der Waals surface area contributed by atoms with Crippen LogP contribution in [0.3, 0.4) is 0 Å². The van der Waals surface area contributed by atoms with Crippen LogP contribution in [0.5, 0.6) is 0 Å². The Labute approximate surface area is 154 Å². The van der Waals surface area contributed by atoms with Gasteiger partial charge in [0.15, 0.2) is 0 Å². The molecule has 2 amide bonds. The molecule has 2 heterocycles. The third-order valence-electron chi connectivity index (χ3n) is 6.61. The Morgan fingerprint density at radius 1 is 1.38 bits per heavy atom. The molecular formula is C19H30N4O3. The highest BCUT2D eigenvalue weighted by Gasteiger charge is 2.59. The van der Waals surface area contributed by atoms with E-state index in [0.29, 0.717) is 18.7 Å². The van der Waals surface area contributed by atoms with Crippen LogP contribution in [0.1, 0.15) is 63.4 Å². The van der Waals surface area contributed by atoms with Crippen LogP contribution in [0.2, 0.25) is 0 Å². The van der Waals surface area contributed by atoms with Gasteiger partial charge in [-0.05, 0) is 32.3 Å². The van der Waals surface area contributed by atoms with Crippen LogP contribution >= 0.6 is 0 Å². The van der Waals surface area contributed by atoms with E-state index in [1.54, 1.807) is 24.0 Å². The van der Waals surface area contributed by atoms with Crippen LogP contribution in [0.15, 0.2) is 12.3 Å². The summed E-state index contributed by atoms with van der Waals surface area (Å²) in [7, 11) is 1.76. The van der Waals surface area contributed by atoms with E-state index in [4.69, 9.17) is 0 Å². The fourth-order valence-electron chi connectivity index (χ4n) is 4.87. The van der Waals surface area contributed by atoms with Crippen LogP contribution in [-0.2, 0) is 11.8 Å². The van der Waals surface area contributed by atoms with E-state index in [1.807, 2.05) is 11.8 Å². The maximum atomic E-state index is 13.4. The number of carbonyl (C=O) groups excluding carboxylic acids is 2. The fourth-order valence-corrected chi connectivity index (χ4v) is 4.87. The highest BCUT2D eigenvalue weighted by molar-refractivity contribution is 5.93. The van der Waals surface area contributed by atoms with Gasteiger partial charge in [0.1, 0.15) is 5.69 Å². The van der Waals surface area contributed by atoms with Crippen molar-refractivity contribution in [2.75, 3.05) is 6.54 Å². The summed E-state index contributed by atoms with van der Waals surface area (Å²) in [5, 5.41) is 18.2. The summed E-state index contributed by atoms with van der Waals surface area (Å²) in [5.74, 6) is -0.186. The number of aliphatic hydroxyl groups is 1. The molecule has 0 bridgehead atoms. The zero-order valence-electron chi connectivity index (χ0n) is 16.2. The van der Waals surface area contributed by atoms with Gasteiger partial charge in [0.25, 0.3) is 5.91 Å². The topological polar surface area (TPSA) is 87.5 Å². The lowest BCUT2D eigenvalue weighted by atomic mass is 9.67. The number of hydrogen-bond acceptors (Lipinski definition) is 4. The summed E-state index contributed by atoms with van der Waals surface area (Å²) in [4.78, 5) is 26.7. The summed E-state index contributed by atoms with van der Waals surface area (Å²) >= 11 is 0. The molecule has 2 N–H and O–H groups in total. The van der Waals surface area contributed by atoms with Crippen molar-refractivity contribution in [3.63, 3.8) is 0 Å². The Kier molecular flexibility index (Phi) is 4.86. The molecule has 1 saturated heterocycles. The van der Waals surface area contributed by atoms with Gasteiger partial charge in [-0.3, -0.25) is 14.3 Å². The Morgan fingerprint density at radius 3 is 2.73 bits per heavy atom. The molecule has 0 radical (unpaired) electrons. The van der Waals surface area contributed by atoms with Gasteiger partial charge in [-0.2, -0.15) is 5.10 Å². The third kappa shape index (κ3) is 3.02. The third-order valence-corrected chi connectivity index (χ3v) is 6.61. The molecule has 26 heavy (non-hydrogen) atoms. The summed E-state index contributed by atoms with van der Waals surface area (Å²) in [6.45, 7) is 5.89. The van der Waals surface area contributed by atoms with Gasteiger partial charge >= 0.3 is 0 Å². The number of nitrogens with one attached hydrogen (secondary N) is 1. The maximum Gasteiger partial charge on any atom is 0.272 e. The average Bonchev–Trinajstić information content (AvgIpc) is 3.08. The van der Waals surface area contributed by atoms with E-state index >= 15 is 0 Å². The van der Waals surface area contributed by atoms with E-state index in [-0.39, 0.29) is 23.9 Å². The second-order valence-electron chi connectivity index (χ2n) is 8.30. The largest absolute Gasteiger partial charge is 0.390 e. The van der Waals surface area contributed by atoms with E-state index < -0.39 is 11.0 Å². The number of carbonyl (C=O) groups is 2. The van der Waals surface area contributed by atoms with Crippen LogP contribution in [-0.4, -0.2) is 55.8 Å². The minimum atomic E-state index is -0.843. The highest BCUT2D eigenvalue weighted by Crippen LogP contribution is 2.53. The number of nitrogens with zero attached hydrogens (tertiary/aromatic N) is 3. The van der Waals surface area contributed by atoms with Gasteiger partial charge in [-0.1, -0.05) is 19.8 Å². The first-order valence-corrected chi connectivity index (χ1v) is 9.45. The molecule has 1 aromatic heterocycles. The smallest absolute Gasteiger partial charge is 0.272 e. The Hall–Kier alpha value is -1.89. The molecule has 3 rings (SSSR count). The molecule has 1 aliphatic carbocycles. The molecular weight excluding hydrogens is 332 g/mol. The second-order valence-corrected chi connectivity index (χ2v) is 8.30. The maximum absolute atomic E-state index is 13.4. The SMILES string of the molecule is CC(=O)NC[C@H]1C[C@]2(C)[C@@H](CCCC[C@]2(C)O)N1C(=O)c1ccnn1C. The first-order chi connectivity index (χ1) is 12.2. The normalized spacial score (nSPS) is 34.3. The second kappa shape index (κ2) is 6.68. The van der Waals surface area contributed by atoms with E-state index in [9.17, 15) is 14.7 Å². The summed E-state index contributed by atoms with van der Waals surface area (Å²) in [6, 6.07) is 1.53. The van der Waals surface area contributed by atoms with E-state index in [2.05, 4.69) is 17.3 Å². The number of hydrogen-bond donors (Lipinski definition) is 2. The van der Waals surface area contributed by atoms with Crippen LogP contribution in [0, 0.1) is 5.41 Å². The first-order valence-electron chi connectivity index (χ1n) is 9.45. The minimum absolute atomic E-state index is 0.0545. The molecule has 0 spiro atoms. The van der Waals surface area contributed by atoms with Crippen molar-refractivity contribution in [2.45, 2.75) is 70.6 Å². The number of rotatable bonds is 3. The van der Waals surface area contributed by atoms with Gasteiger partial charge < -0.3 is 15.3 Å². The van der Waals surface area contributed by atoms with Crippen LogP contribution in [0.4, 0.5) is 0 Å². The van der Waals surface area contributed by atoms with Crippen molar-refractivity contribution < 1.29 is 14.7 Å². The van der Waals surface area contributed by atoms with Gasteiger partial charge in [0.2, 0.25) is 5.91 Å². The van der Waals surface area contributed by atoms with E-state index in [0.717, 1.165) is 25.7 Å². The highest BCUT2D eigenvalue weighted by atomic mass is 16.3. The van der Waals surface area contributed by atoms with Crippen LogP contribution in [0.25, 0.3) is 0 Å². The van der Waals surface area contributed by atoms with Crippen molar-refractivity contribution >= 4 is 11.8 Å². The first kappa shape index (κ1) is 18.9. The van der Waals surface area contributed by atoms with Crippen LogP contribution < -0.4 is 5.32 Å². The lowest BCUT2D eigenvalue weighted by Gasteiger charge is -2.43. The van der Waals surface area contributed by atoms with Gasteiger partial charge in [0.05, 0.1) is 11.6 Å². The monoisotopic (exact) mass is 362 g/mol. The van der Waals surface area contributed by atoms with Crippen molar-refractivity contribution in [1.82, 2.24) is 20.0 Å². The summed E-state index contributed by atoms with van der Waals surface area (Å²) in [5.41, 5.74) is -0.712. The number of fused-ring (bicyclic) bond motifs is 1. The molecule has 1 aliphatic heterocycles. The predicted molar refractivity (Wildman–Crippen MR) is 97.5 cm³/mol. The Morgan fingerprint density at radius 2 is 2.12 bits per heavy atom. The molecule has 1 saturated carbocycles. The Bertz CT molecular complexity index is 699. The fraction of sp³-hybridized carbons (Fsp3) is 0.737. The molecule has 144 valence electrons. The average molecular weight is 362 g/mol. The number of aromatic nitrogens is 2. The zero-order chi connectivity index (χ0) is 19.1. The van der Waals surface area contributed by atoms with Crippen molar-refractivity contribution in [1.29, 1.82) is 0 Å². The molecule has 2 fully saturated rings. The molecule has 4 atom stereocenters. The lowest BCUT2D eigenvalue weighted by molar-refractivity contribution is -0.119. The minimum Gasteiger partial charge on any atom is -0.390 e. The predicted octanol–water partition coefficient (Wildman–Crippen LogP) is 1.47. The van der Waals surface area contributed by atoms with Gasteiger partial charge in [-0.15, -0.1) is 0 Å². The van der Waals surface area contributed by atoms with Gasteiger partial charge in [0, 0.05) is 38.2 Å². The molecule has 7 heteroatoms. The molecule has 0 unspecified atom stereocenters. The number of likely N-dealkylation sites (tertiary alicyclic amines) is 1. The molecule has 1 aromatic rings. The van der Waals surface area contributed by atoms with Crippen molar-refractivity contribution in [3.8, 4) is 0 Å². The summed E-state index contributed by atoms with van der Waals surface area (Å²) in [6.07, 6.45) is 5.85. The van der Waals surface area contributed by atoms with E-state index in [1.165, 1.54) is 6.92 Å². The molecule has 0 aromatic carbocycles. The standard InChI is InChI=1S/C19H30N4O3/c1-13(24)20-12-14-11-18(2)16(7-5-6-9-19(18,3)26)23(14)17(25)15-8-10-21-22(15)4/h8,10,14,16,26H,5-7,9,11-12H2,1-4H3,(H,20,24)/t14-,16-,18-,19+/m1/s1. The Balaban J connectivity index is 2.00. The van der Waals surface area contributed by atoms with Crippen molar-refractivity contribution in [3.05, 3.63) is 18.0 Å². The van der Waals surface area contributed by atoms with Crippen molar-refractivity contribution in [2.24, 2.45) is 12.5 Å².